The minimum atomic E-state index is -0.193. The maximum absolute atomic E-state index is 12.8. The van der Waals surface area contributed by atoms with Gasteiger partial charge in [-0.15, -0.1) is 5.10 Å². The van der Waals surface area contributed by atoms with Gasteiger partial charge in [0.05, 0.1) is 17.0 Å². The average Bonchev–Trinajstić information content (AvgIpc) is 3.23. The van der Waals surface area contributed by atoms with E-state index in [0.717, 1.165) is 29.9 Å². The zero-order valence-corrected chi connectivity index (χ0v) is 18.4. The predicted octanol–water partition coefficient (Wildman–Crippen LogP) is 2.89. The fraction of sp³-hybridized carbons (Fsp3) is 0.364. The smallest absolute Gasteiger partial charge is 0.267 e. The highest BCUT2D eigenvalue weighted by Crippen LogP contribution is 2.27. The van der Waals surface area contributed by atoms with Crippen LogP contribution in [-0.4, -0.2) is 49.4 Å². The second kappa shape index (κ2) is 9.30. The van der Waals surface area contributed by atoms with Crippen molar-refractivity contribution in [2.24, 2.45) is 0 Å². The van der Waals surface area contributed by atoms with Crippen LogP contribution in [0.1, 0.15) is 61.6 Å². The topological polar surface area (TPSA) is 101 Å². The van der Waals surface area contributed by atoms with Crippen LogP contribution in [-0.2, 0) is 6.54 Å². The first-order valence-corrected chi connectivity index (χ1v) is 11.0. The molecule has 0 unspecified atom stereocenters. The Hall–Kier alpha value is -3.20. The molecule has 160 valence electrons. The molecule has 8 nitrogen and oxygen atoms in total. The molecule has 4 rings (SSSR count). The Kier molecular flexibility index (Phi) is 6.31. The number of carbonyl (C=O) groups is 2. The number of amides is 2. The second-order valence-electron chi connectivity index (χ2n) is 7.67. The van der Waals surface area contributed by atoms with E-state index in [4.69, 9.17) is 0 Å². The van der Waals surface area contributed by atoms with E-state index in [1.807, 2.05) is 42.2 Å². The Morgan fingerprint density at radius 3 is 2.71 bits per heavy atom. The summed E-state index contributed by atoms with van der Waals surface area (Å²) in [6.07, 6.45) is 3.38. The maximum Gasteiger partial charge on any atom is 0.267 e. The second-order valence-corrected chi connectivity index (χ2v) is 8.43. The van der Waals surface area contributed by atoms with E-state index in [0.29, 0.717) is 47.3 Å². The molecular weight excluding hydrogens is 412 g/mol. The average molecular weight is 437 g/mol. The fourth-order valence-electron chi connectivity index (χ4n) is 3.72. The van der Waals surface area contributed by atoms with Crippen molar-refractivity contribution in [2.45, 2.75) is 39.2 Å². The first-order chi connectivity index (χ1) is 15.0. The molecule has 1 N–H and O–H groups in total. The number of rotatable bonds is 5. The zero-order valence-electron chi connectivity index (χ0n) is 17.5. The standard InChI is InChI=1S/C22H24N6O2S/c1-14-18(21(29)24-11-16-7-4-3-5-8-16)12-23-20(25-14)17-9-6-10-28(13-17)22(30)19-15(2)26-27-31-19/h3-5,7-8,12,17H,6,9-11,13H2,1-2H3,(H,24,29)/t17-/m1/s1. The van der Waals surface area contributed by atoms with Gasteiger partial charge in [0, 0.05) is 31.7 Å². The molecule has 3 heterocycles. The lowest BCUT2D eigenvalue weighted by Gasteiger charge is -2.31. The number of carbonyl (C=O) groups excluding carboxylic acids is 2. The van der Waals surface area contributed by atoms with Gasteiger partial charge in [0.15, 0.2) is 0 Å². The Labute approximate surface area is 184 Å². The van der Waals surface area contributed by atoms with E-state index in [-0.39, 0.29) is 17.7 Å². The molecule has 0 saturated carbocycles. The molecule has 31 heavy (non-hydrogen) atoms. The molecule has 1 aromatic carbocycles. The number of piperidine rings is 1. The van der Waals surface area contributed by atoms with Crippen LogP contribution in [0.25, 0.3) is 0 Å². The Morgan fingerprint density at radius 2 is 2.00 bits per heavy atom. The third kappa shape index (κ3) is 4.77. The van der Waals surface area contributed by atoms with E-state index >= 15 is 0 Å². The molecule has 2 aromatic heterocycles. The van der Waals surface area contributed by atoms with Crippen LogP contribution in [0.3, 0.4) is 0 Å². The van der Waals surface area contributed by atoms with Crippen LogP contribution in [0.15, 0.2) is 36.5 Å². The molecule has 0 aliphatic carbocycles. The Morgan fingerprint density at radius 1 is 1.19 bits per heavy atom. The highest BCUT2D eigenvalue weighted by atomic mass is 32.1. The van der Waals surface area contributed by atoms with Crippen LogP contribution in [0, 0.1) is 13.8 Å². The van der Waals surface area contributed by atoms with E-state index in [2.05, 4.69) is 24.9 Å². The summed E-state index contributed by atoms with van der Waals surface area (Å²) in [4.78, 5) is 36.9. The van der Waals surface area contributed by atoms with Crippen molar-refractivity contribution in [2.75, 3.05) is 13.1 Å². The van der Waals surface area contributed by atoms with E-state index in [1.54, 1.807) is 13.1 Å². The van der Waals surface area contributed by atoms with E-state index in [9.17, 15) is 9.59 Å². The van der Waals surface area contributed by atoms with Gasteiger partial charge in [-0.1, -0.05) is 34.8 Å². The van der Waals surface area contributed by atoms with E-state index in [1.165, 1.54) is 0 Å². The summed E-state index contributed by atoms with van der Waals surface area (Å²) in [6.45, 7) is 5.32. The minimum absolute atomic E-state index is 0.0363. The number of benzene rings is 1. The van der Waals surface area contributed by atoms with Gasteiger partial charge in [-0.3, -0.25) is 9.59 Å². The van der Waals surface area contributed by atoms with Crippen LogP contribution < -0.4 is 5.32 Å². The molecule has 2 amide bonds. The van der Waals surface area contributed by atoms with Gasteiger partial charge in [-0.25, -0.2) is 9.97 Å². The number of aryl methyl sites for hydroxylation is 2. The summed E-state index contributed by atoms with van der Waals surface area (Å²) < 4.78 is 3.87. The monoisotopic (exact) mass is 436 g/mol. The zero-order chi connectivity index (χ0) is 21.8. The maximum atomic E-state index is 12.8. The van der Waals surface area contributed by atoms with Crippen LogP contribution in [0.2, 0.25) is 0 Å². The summed E-state index contributed by atoms with van der Waals surface area (Å²) in [7, 11) is 0. The third-order valence-corrected chi connectivity index (χ3v) is 6.27. The highest BCUT2D eigenvalue weighted by molar-refractivity contribution is 7.07. The van der Waals surface area contributed by atoms with Crippen molar-refractivity contribution in [3.05, 3.63) is 69.7 Å². The quantitative estimate of drug-likeness (QED) is 0.660. The first kappa shape index (κ1) is 21.0. The number of nitrogens with one attached hydrogen (secondary N) is 1. The molecule has 1 fully saturated rings. The summed E-state index contributed by atoms with van der Waals surface area (Å²) >= 11 is 1.13. The number of likely N-dealkylation sites (tertiary alicyclic amines) is 1. The van der Waals surface area contributed by atoms with Crippen LogP contribution in [0.5, 0.6) is 0 Å². The van der Waals surface area contributed by atoms with Crippen molar-refractivity contribution >= 4 is 23.3 Å². The van der Waals surface area contributed by atoms with Crippen molar-refractivity contribution in [3.8, 4) is 0 Å². The van der Waals surface area contributed by atoms with Gasteiger partial charge in [0.25, 0.3) is 11.8 Å². The summed E-state index contributed by atoms with van der Waals surface area (Å²) in [6, 6.07) is 9.75. The van der Waals surface area contributed by atoms with Crippen molar-refractivity contribution in [3.63, 3.8) is 0 Å². The molecule has 0 spiro atoms. The lowest BCUT2D eigenvalue weighted by atomic mass is 9.96. The molecule has 9 heteroatoms. The van der Waals surface area contributed by atoms with Gasteiger partial charge in [0.1, 0.15) is 10.7 Å². The van der Waals surface area contributed by atoms with Gasteiger partial charge in [-0.05, 0) is 43.8 Å². The Balaban J connectivity index is 1.43. The van der Waals surface area contributed by atoms with Crippen LogP contribution in [0.4, 0.5) is 0 Å². The van der Waals surface area contributed by atoms with Crippen molar-refractivity contribution in [1.82, 2.24) is 29.8 Å². The van der Waals surface area contributed by atoms with Gasteiger partial charge in [-0.2, -0.15) is 0 Å². The SMILES string of the molecule is Cc1nc([C@@H]2CCCN(C(=O)c3snnc3C)C2)ncc1C(=O)NCc1ccccc1. The summed E-state index contributed by atoms with van der Waals surface area (Å²) in [5.41, 5.74) is 2.80. The Bertz CT molecular complexity index is 1080. The lowest BCUT2D eigenvalue weighted by molar-refractivity contribution is 0.0708. The van der Waals surface area contributed by atoms with Gasteiger partial charge >= 0.3 is 0 Å². The molecule has 0 bridgehead atoms. The number of aromatic nitrogens is 4. The first-order valence-electron chi connectivity index (χ1n) is 10.3. The van der Waals surface area contributed by atoms with Gasteiger partial charge in [0.2, 0.25) is 0 Å². The molecule has 1 aliphatic heterocycles. The van der Waals surface area contributed by atoms with Crippen molar-refractivity contribution in [1.29, 1.82) is 0 Å². The predicted molar refractivity (Wildman–Crippen MR) is 117 cm³/mol. The minimum Gasteiger partial charge on any atom is -0.348 e. The van der Waals surface area contributed by atoms with Gasteiger partial charge < -0.3 is 10.2 Å². The molecule has 0 radical (unpaired) electrons. The third-order valence-electron chi connectivity index (χ3n) is 5.46. The lowest BCUT2D eigenvalue weighted by Crippen LogP contribution is -2.39. The molecule has 1 aliphatic rings. The van der Waals surface area contributed by atoms with Crippen LogP contribution >= 0.6 is 11.5 Å². The summed E-state index contributed by atoms with van der Waals surface area (Å²) in [5.74, 6) is 0.486. The number of hydrogen-bond donors (Lipinski definition) is 1. The summed E-state index contributed by atoms with van der Waals surface area (Å²) in [5, 5.41) is 6.86. The number of hydrogen-bond acceptors (Lipinski definition) is 7. The molecular formula is C22H24N6O2S. The highest BCUT2D eigenvalue weighted by Gasteiger charge is 2.29. The normalized spacial score (nSPS) is 16.2. The fourth-order valence-corrected chi connectivity index (χ4v) is 4.35. The molecule has 3 aromatic rings. The number of nitrogens with zero attached hydrogens (tertiary/aromatic N) is 5. The largest absolute Gasteiger partial charge is 0.348 e. The molecule has 1 saturated heterocycles. The molecule has 1 atom stereocenters. The van der Waals surface area contributed by atoms with Crippen molar-refractivity contribution < 1.29 is 9.59 Å². The van der Waals surface area contributed by atoms with E-state index < -0.39 is 0 Å².